The van der Waals surface area contributed by atoms with Crippen LogP contribution in [0.1, 0.15) is 51.7 Å². The lowest BCUT2D eigenvalue weighted by atomic mass is 9.96. The van der Waals surface area contributed by atoms with Gasteiger partial charge in [-0.05, 0) is 72.6 Å². The van der Waals surface area contributed by atoms with Crippen LogP contribution in [0.2, 0.25) is 0 Å². The van der Waals surface area contributed by atoms with E-state index in [0.29, 0.717) is 22.9 Å². The van der Waals surface area contributed by atoms with Gasteiger partial charge in [-0.3, -0.25) is 0 Å². The van der Waals surface area contributed by atoms with Crippen molar-refractivity contribution in [1.29, 1.82) is 0 Å². The molecule has 1 N–H and O–H groups in total. The molecule has 0 amide bonds. The van der Waals surface area contributed by atoms with Crippen molar-refractivity contribution in [3.8, 4) is 0 Å². The summed E-state index contributed by atoms with van der Waals surface area (Å²) in [4.78, 5) is 0.0939. The molecule has 4 rings (SSSR count). The van der Waals surface area contributed by atoms with E-state index in [1.54, 1.807) is 38.2 Å². The molecule has 206 valence electrons. The maximum atomic E-state index is 13.7. The highest BCUT2D eigenvalue weighted by Crippen LogP contribution is 2.24. The molecular formula is C31H36N2O4S2. The standard InChI is InChI=1S/C31H36N2O4S2/c1-5-26-21-31(33(30(26)6-2)39(36,37)29-18-12-23(3)13-19-29)38(34,35)32-22-25-14-16-27(17-15-25)28-11-9-7-8-10-24(4)20-28/h5-9,11-12,14-21,23-24,32H,10,13,22H2,1-4H3. The van der Waals surface area contributed by atoms with Crippen molar-refractivity contribution >= 4 is 37.8 Å². The van der Waals surface area contributed by atoms with E-state index in [1.807, 2.05) is 49.4 Å². The summed E-state index contributed by atoms with van der Waals surface area (Å²) in [5.41, 5.74) is 2.94. The fourth-order valence-electron chi connectivity index (χ4n) is 4.68. The molecule has 2 aliphatic rings. The zero-order valence-corrected chi connectivity index (χ0v) is 24.5. The monoisotopic (exact) mass is 564 g/mol. The molecule has 0 radical (unpaired) electrons. The number of sulfonamides is 1. The molecule has 0 saturated heterocycles. The van der Waals surface area contributed by atoms with Gasteiger partial charge in [0.15, 0.2) is 5.03 Å². The molecule has 8 heteroatoms. The molecule has 0 aliphatic heterocycles. The zero-order valence-electron chi connectivity index (χ0n) is 22.8. The zero-order chi connectivity index (χ0) is 28.2. The number of aromatic nitrogens is 1. The second kappa shape index (κ2) is 11.9. The summed E-state index contributed by atoms with van der Waals surface area (Å²) in [6.07, 6.45) is 20.4. The highest BCUT2D eigenvalue weighted by molar-refractivity contribution is 7.95. The Morgan fingerprint density at radius 3 is 2.33 bits per heavy atom. The van der Waals surface area contributed by atoms with Crippen LogP contribution in [0.25, 0.3) is 17.7 Å². The highest BCUT2D eigenvalue weighted by atomic mass is 32.2. The van der Waals surface area contributed by atoms with Crippen LogP contribution in [0.5, 0.6) is 0 Å². The van der Waals surface area contributed by atoms with Crippen LogP contribution < -0.4 is 15.3 Å². The fraction of sp³-hybridized carbons (Fsp3) is 0.290. The minimum Gasteiger partial charge on any atom is -0.222 e. The van der Waals surface area contributed by atoms with Gasteiger partial charge in [-0.25, -0.2) is 25.5 Å². The number of rotatable bonds is 7. The molecule has 0 fully saturated rings. The molecule has 0 spiro atoms. The summed E-state index contributed by atoms with van der Waals surface area (Å²) in [7, 11) is -8.32. The summed E-state index contributed by atoms with van der Waals surface area (Å²) in [5, 5.41) is 0.545. The third-order valence-corrected chi connectivity index (χ3v) is 10.2. The molecule has 39 heavy (non-hydrogen) atoms. The summed E-state index contributed by atoms with van der Waals surface area (Å²) in [5.74, 6) is 0.639. The van der Waals surface area contributed by atoms with Crippen molar-refractivity contribution in [2.75, 3.05) is 0 Å². The lowest BCUT2D eigenvalue weighted by Crippen LogP contribution is -2.36. The molecule has 1 aromatic carbocycles. The van der Waals surface area contributed by atoms with Crippen molar-refractivity contribution in [3.63, 3.8) is 0 Å². The predicted octanol–water partition coefficient (Wildman–Crippen LogP) is 4.76. The van der Waals surface area contributed by atoms with E-state index >= 15 is 0 Å². The number of allylic oxidation sites excluding steroid dienone is 9. The van der Waals surface area contributed by atoms with Crippen molar-refractivity contribution < 1.29 is 16.8 Å². The van der Waals surface area contributed by atoms with Crippen LogP contribution in [0.4, 0.5) is 0 Å². The van der Waals surface area contributed by atoms with E-state index in [1.165, 1.54) is 6.07 Å². The van der Waals surface area contributed by atoms with Gasteiger partial charge in [0.05, 0.1) is 10.3 Å². The Bertz CT molecular complexity index is 1720. The van der Waals surface area contributed by atoms with E-state index in [9.17, 15) is 16.8 Å². The SMILES string of the molecule is CC=c1cc(S(=O)(=O)NCc2ccc(C3=CC(C)CC=CC=C3)cc2)n(S(=O)(=O)C2=CCC(C)C=C2)c1=CC. The molecule has 2 aromatic rings. The molecule has 0 bridgehead atoms. The molecule has 2 unspecified atom stereocenters. The first-order valence-corrected chi connectivity index (χ1v) is 16.1. The smallest absolute Gasteiger partial charge is 0.222 e. The lowest BCUT2D eigenvalue weighted by Gasteiger charge is -2.16. The van der Waals surface area contributed by atoms with Gasteiger partial charge in [0.2, 0.25) is 0 Å². The summed E-state index contributed by atoms with van der Waals surface area (Å²) in [6.45, 7) is 7.65. The third-order valence-electron chi connectivity index (χ3n) is 6.92. The average molecular weight is 565 g/mol. The molecule has 0 saturated carbocycles. The van der Waals surface area contributed by atoms with Crippen molar-refractivity contribution in [2.45, 2.75) is 52.1 Å². The molecule has 2 aliphatic carbocycles. The Labute approximate surface area is 232 Å². The first-order chi connectivity index (χ1) is 18.6. The van der Waals surface area contributed by atoms with Crippen LogP contribution in [0, 0.1) is 11.8 Å². The second-order valence-corrected chi connectivity index (χ2v) is 13.5. The first-order valence-electron chi connectivity index (χ1n) is 13.2. The van der Waals surface area contributed by atoms with Gasteiger partial charge in [0.1, 0.15) is 0 Å². The maximum Gasteiger partial charge on any atom is 0.268 e. The fourth-order valence-corrected chi connectivity index (χ4v) is 7.90. The van der Waals surface area contributed by atoms with Gasteiger partial charge >= 0.3 is 0 Å². The molecule has 2 atom stereocenters. The third kappa shape index (κ3) is 6.35. The van der Waals surface area contributed by atoms with E-state index < -0.39 is 20.0 Å². The Morgan fingerprint density at radius 1 is 0.949 bits per heavy atom. The van der Waals surface area contributed by atoms with Crippen molar-refractivity contribution in [3.05, 3.63) is 106 Å². The number of hydrogen-bond acceptors (Lipinski definition) is 4. The van der Waals surface area contributed by atoms with Crippen LogP contribution in [-0.2, 0) is 26.6 Å². The Morgan fingerprint density at radius 2 is 1.69 bits per heavy atom. The highest BCUT2D eigenvalue weighted by Gasteiger charge is 2.30. The molecule has 1 aromatic heterocycles. The second-order valence-electron chi connectivity index (χ2n) is 9.99. The van der Waals surface area contributed by atoms with Gasteiger partial charge < -0.3 is 0 Å². The normalized spacial score (nSPS) is 21.0. The Kier molecular flexibility index (Phi) is 8.79. The largest absolute Gasteiger partial charge is 0.268 e. The lowest BCUT2D eigenvalue weighted by molar-refractivity contribution is 0.565. The molecule has 6 nitrogen and oxygen atoms in total. The van der Waals surface area contributed by atoms with Gasteiger partial charge in [0.25, 0.3) is 20.0 Å². The number of nitrogens with zero attached hydrogens (tertiary/aromatic N) is 1. The Balaban J connectivity index is 1.64. The quantitative estimate of drug-likeness (QED) is 0.526. The number of hydrogen-bond donors (Lipinski definition) is 1. The van der Waals surface area contributed by atoms with Gasteiger partial charge in [-0.15, -0.1) is 0 Å². The summed E-state index contributed by atoms with van der Waals surface area (Å²) >= 11 is 0. The minimum atomic E-state index is -4.18. The van der Waals surface area contributed by atoms with Crippen molar-refractivity contribution in [1.82, 2.24) is 8.69 Å². The first kappa shape index (κ1) is 28.8. The van der Waals surface area contributed by atoms with E-state index in [-0.39, 0.29) is 22.4 Å². The summed E-state index contributed by atoms with van der Waals surface area (Å²) < 4.78 is 58.0. The predicted molar refractivity (Wildman–Crippen MR) is 160 cm³/mol. The number of benzene rings is 1. The van der Waals surface area contributed by atoms with Crippen LogP contribution >= 0.6 is 0 Å². The van der Waals surface area contributed by atoms with E-state index in [0.717, 1.165) is 27.1 Å². The molecular weight excluding hydrogens is 528 g/mol. The topological polar surface area (TPSA) is 85.2 Å². The van der Waals surface area contributed by atoms with Gasteiger partial charge in [-0.2, -0.15) is 0 Å². The van der Waals surface area contributed by atoms with Crippen molar-refractivity contribution in [2.24, 2.45) is 11.8 Å². The van der Waals surface area contributed by atoms with Crippen LogP contribution in [-0.4, -0.2) is 20.8 Å². The summed E-state index contributed by atoms with van der Waals surface area (Å²) in [6, 6.07) is 9.13. The van der Waals surface area contributed by atoms with Gasteiger partial charge in [-0.1, -0.05) is 92.8 Å². The van der Waals surface area contributed by atoms with Gasteiger partial charge in [0, 0.05) is 6.54 Å². The van der Waals surface area contributed by atoms with Crippen LogP contribution in [0.3, 0.4) is 0 Å². The number of nitrogens with one attached hydrogen (secondary N) is 1. The van der Waals surface area contributed by atoms with E-state index in [2.05, 4.69) is 29.9 Å². The minimum absolute atomic E-state index is 0.0261. The van der Waals surface area contributed by atoms with Crippen LogP contribution in [0.15, 0.2) is 88.9 Å². The maximum absolute atomic E-state index is 13.7. The Hall–Kier alpha value is -3.20. The molecule has 1 heterocycles. The van der Waals surface area contributed by atoms with E-state index in [4.69, 9.17) is 0 Å². The average Bonchev–Trinajstić information content (AvgIpc) is 3.31.